The van der Waals surface area contributed by atoms with E-state index in [9.17, 15) is 0 Å². The molecule has 0 saturated heterocycles. The Bertz CT molecular complexity index is 164. The Morgan fingerprint density at radius 3 is 2.75 bits per heavy atom. The van der Waals surface area contributed by atoms with Gasteiger partial charge in [-0.1, -0.05) is 12.1 Å². The van der Waals surface area contributed by atoms with Crippen LogP contribution in [0.2, 0.25) is 0 Å². The normalized spacial score (nSPS) is 8.12. The molecule has 0 heterocycles. The fraction of sp³-hybridized carbons (Fsp3) is 0.143. The average molecular weight is 105 g/mol. The Kier molecular flexibility index (Phi) is 1.09. The standard InChI is InChI=1S/C7H7N/c1-6-3-2-4-7(8)5-6/h4-5H,8H2,1H3. The summed E-state index contributed by atoms with van der Waals surface area (Å²) in [6.45, 7) is 1.94. The van der Waals surface area contributed by atoms with Crippen molar-refractivity contribution < 1.29 is 0 Å². The highest BCUT2D eigenvalue weighted by Crippen LogP contribution is 1.98. The summed E-state index contributed by atoms with van der Waals surface area (Å²) in [6.07, 6.45) is 0. The van der Waals surface area contributed by atoms with Crippen LogP contribution in [0.1, 0.15) is 5.56 Å². The molecule has 40 valence electrons. The third-order valence-corrected chi connectivity index (χ3v) is 0.891. The van der Waals surface area contributed by atoms with Crippen LogP contribution in [0.4, 0.5) is 5.69 Å². The van der Waals surface area contributed by atoms with Crippen molar-refractivity contribution in [1.82, 2.24) is 0 Å². The monoisotopic (exact) mass is 105 g/mol. The van der Waals surface area contributed by atoms with Crippen LogP contribution < -0.4 is 5.73 Å². The smallest absolute Gasteiger partial charge is 0.0408 e. The van der Waals surface area contributed by atoms with Crippen molar-refractivity contribution in [2.75, 3.05) is 5.73 Å². The molecule has 0 radical (unpaired) electrons. The van der Waals surface area contributed by atoms with E-state index < -0.39 is 0 Å². The molecule has 0 atom stereocenters. The Morgan fingerprint density at radius 2 is 2.38 bits per heavy atom. The molecule has 1 heteroatoms. The minimum Gasteiger partial charge on any atom is -0.398 e. The van der Waals surface area contributed by atoms with E-state index in [2.05, 4.69) is 12.1 Å². The van der Waals surface area contributed by atoms with Gasteiger partial charge in [-0.2, -0.15) is 0 Å². The van der Waals surface area contributed by atoms with Crippen LogP contribution in [0.3, 0.4) is 0 Å². The van der Waals surface area contributed by atoms with Crippen LogP contribution >= 0.6 is 0 Å². The first-order valence-corrected chi connectivity index (χ1v) is 2.44. The van der Waals surface area contributed by atoms with Gasteiger partial charge < -0.3 is 5.73 Å². The molecular weight excluding hydrogens is 98.1 g/mol. The first kappa shape index (κ1) is 4.99. The minimum atomic E-state index is 0.751. The second-order valence-corrected chi connectivity index (χ2v) is 1.74. The van der Waals surface area contributed by atoms with Gasteiger partial charge in [0.2, 0.25) is 0 Å². The van der Waals surface area contributed by atoms with E-state index in [0.29, 0.717) is 0 Å². The van der Waals surface area contributed by atoms with E-state index in [4.69, 9.17) is 5.73 Å². The number of aryl methyl sites for hydroxylation is 1. The fourth-order valence-electron chi connectivity index (χ4n) is 0.561. The molecule has 1 aromatic rings. The van der Waals surface area contributed by atoms with Crippen LogP contribution in [-0.2, 0) is 0 Å². The Labute approximate surface area is 49.1 Å². The number of hydrogen-bond acceptors (Lipinski definition) is 1. The molecule has 0 aliphatic heterocycles. The van der Waals surface area contributed by atoms with Crippen molar-refractivity contribution in [3.63, 3.8) is 0 Å². The first-order valence-electron chi connectivity index (χ1n) is 2.44. The maximum absolute atomic E-state index is 5.41. The largest absolute Gasteiger partial charge is 0.398 e. The highest BCUT2D eigenvalue weighted by Gasteiger charge is 1.79. The van der Waals surface area contributed by atoms with Gasteiger partial charge in [0, 0.05) is 17.3 Å². The second kappa shape index (κ2) is 1.75. The van der Waals surface area contributed by atoms with E-state index in [-0.39, 0.29) is 0 Å². The third-order valence-electron chi connectivity index (χ3n) is 0.891. The zero-order chi connectivity index (χ0) is 5.98. The zero-order valence-corrected chi connectivity index (χ0v) is 4.73. The van der Waals surface area contributed by atoms with E-state index in [1.165, 1.54) is 0 Å². The summed E-state index contributed by atoms with van der Waals surface area (Å²) in [5.74, 6) is 0. The van der Waals surface area contributed by atoms with Crippen molar-refractivity contribution in [3.05, 3.63) is 29.8 Å². The zero-order valence-electron chi connectivity index (χ0n) is 4.73. The van der Waals surface area contributed by atoms with Crippen LogP contribution in [0.5, 0.6) is 0 Å². The van der Waals surface area contributed by atoms with Crippen LogP contribution in [0, 0.1) is 19.1 Å². The molecule has 1 aromatic carbocycles. The van der Waals surface area contributed by atoms with Gasteiger partial charge in [-0.3, -0.25) is 0 Å². The predicted octanol–water partition coefficient (Wildman–Crippen LogP) is 1.18. The lowest BCUT2D eigenvalue weighted by Crippen LogP contribution is -1.81. The molecule has 0 fully saturated rings. The van der Waals surface area contributed by atoms with Crippen molar-refractivity contribution in [2.45, 2.75) is 6.92 Å². The lowest BCUT2D eigenvalue weighted by atomic mass is 10.3. The van der Waals surface area contributed by atoms with Crippen LogP contribution in [0.15, 0.2) is 12.1 Å². The average Bonchev–Trinajstić information content (AvgIpc) is 1.64. The Balaban J connectivity index is 3.08. The quantitative estimate of drug-likeness (QED) is 0.526. The van der Waals surface area contributed by atoms with Gasteiger partial charge in [-0.15, -0.1) is 0 Å². The minimum absolute atomic E-state index is 0.751. The van der Waals surface area contributed by atoms with E-state index in [1.807, 2.05) is 13.0 Å². The molecular formula is C7H7N. The van der Waals surface area contributed by atoms with Gasteiger partial charge in [0.25, 0.3) is 0 Å². The number of nitrogen functional groups attached to an aromatic ring is 1. The molecule has 0 bridgehead atoms. The summed E-state index contributed by atoms with van der Waals surface area (Å²) in [7, 11) is 0. The summed E-state index contributed by atoms with van der Waals surface area (Å²) >= 11 is 0. The number of hydrogen-bond donors (Lipinski definition) is 1. The van der Waals surface area contributed by atoms with Gasteiger partial charge in [0.15, 0.2) is 0 Å². The van der Waals surface area contributed by atoms with Gasteiger partial charge in [-0.25, -0.2) is 0 Å². The first-order chi connectivity index (χ1) is 3.79. The topological polar surface area (TPSA) is 26.0 Å². The lowest BCUT2D eigenvalue weighted by molar-refractivity contribution is 1.49. The molecule has 0 spiro atoms. The molecule has 1 nitrogen and oxygen atoms in total. The van der Waals surface area contributed by atoms with E-state index in [1.54, 1.807) is 6.07 Å². The summed E-state index contributed by atoms with van der Waals surface area (Å²) < 4.78 is 0. The second-order valence-electron chi connectivity index (χ2n) is 1.74. The van der Waals surface area contributed by atoms with Crippen molar-refractivity contribution in [3.8, 4) is 0 Å². The van der Waals surface area contributed by atoms with Crippen molar-refractivity contribution in [1.29, 1.82) is 0 Å². The third kappa shape index (κ3) is 0.913. The number of nitrogens with two attached hydrogens (primary N) is 1. The summed E-state index contributed by atoms with van der Waals surface area (Å²) in [4.78, 5) is 0. The Hall–Kier alpha value is -1.16. The van der Waals surface area contributed by atoms with Crippen molar-refractivity contribution in [2.24, 2.45) is 0 Å². The van der Waals surface area contributed by atoms with E-state index >= 15 is 0 Å². The predicted molar refractivity (Wildman–Crippen MR) is 33.3 cm³/mol. The molecule has 0 unspecified atom stereocenters. The van der Waals surface area contributed by atoms with Crippen LogP contribution in [0.25, 0.3) is 0 Å². The highest BCUT2D eigenvalue weighted by atomic mass is 14.5. The molecule has 0 amide bonds. The highest BCUT2D eigenvalue weighted by molar-refractivity contribution is 5.37. The molecule has 0 aliphatic rings. The Morgan fingerprint density at radius 1 is 1.62 bits per heavy atom. The summed E-state index contributed by atoms with van der Waals surface area (Å²) in [5, 5.41) is 0. The molecule has 8 heavy (non-hydrogen) atoms. The molecule has 0 aromatic heterocycles. The molecule has 1 rings (SSSR count). The molecule has 0 saturated carbocycles. The van der Waals surface area contributed by atoms with Crippen LogP contribution in [-0.4, -0.2) is 0 Å². The maximum atomic E-state index is 5.41. The molecule has 0 aliphatic carbocycles. The van der Waals surface area contributed by atoms with Gasteiger partial charge in [0.1, 0.15) is 0 Å². The fourth-order valence-corrected chi connectivity index (χ4v) is 0.561. The van der Waals surface area contributed by atoms with Crippen molar-refractivity contribution >= 4 is 5.69 Å². The molecule has 2 N–H and O–H groups in total. The number of rotatable bonds is 0. The van der Waals surface area contributed by atoms with Gasteiger partial charge in [0.05, 0.1) is 0 Å². The van der Waals surface area contributed by atoms with E-state index in [0.717, 1.165) is 11.3 Å². The summed E-state index contributed by atoms with van der Waals surface area (Å²) in [5.41, 5.74) is 7.19. The van der Waals surface area contributed by atoms with Gasteiger partial charge >= 0.3 is 0 Å². The number of anilines is 1. The SMILES string of the molecule is Cc1c#ccc(N)c1. The van der Waals surface area contributed by atoms with Gasteiger partial charge in [-0.05, 0) is 13.0 Å². The maximum Gasteiger partial charge on any atom is 0.0408 e. The lowest BCUT2D eigenvalue weighted by Gasteiger charge is -1.85. The summed E-state index contributed by atoms with van der Waals surface area (Å²) in [6, 6.07) is 9.21.